The Hall–Kier alpha value is -4.43. The van der Waals surface area contributed by atoms with Crippen LogP contribution in [0.5, 0.6) is 11.8 Å². The number of anilines is 1. The van der Waals surface area contributed by atoms with E-state index in [1.165, 1.54) is 6.20 Å². The molecule has 2 unspecified atom stereocenters. The Labute approximate surface area is 321 Å². The first-order valence-electron chi connectivity index (χ1n) is 18.8. The largest absolute Gasteiger partial charge is 0.489 e. The number of halogens is 5. The average Bonchev–Trinajstić information content (AvgIpc) is 3.73. The highest BCUT2D eigenvalue weighted by Crippen LogP contribution is 2.46. The van der Waals surface area contributed by atoms with Crippen molar-refractivity contribution >= 4 is 34.4 Å². The maximum Gasteiger partial charge on any atom is 0.418 e. The Balaban J connectivity index is 1.20. The lowest BCUT2D eigenvalue weighted by Crippen LogP contribution is -2.64. The molecule has 2 atom stereocenters. The van der Waals surface area contributed by atoms with Crippen molar-refractivity contribution in [2.45, 2.75) is 95.3 Å². The van der Waals surface area contributed by atoms with E-state index in [2.05, 4.69) is 14.9 Å². The maximum atomic E-state index is 17.1. The fourth-order valence-electron chi connectivity index (χ4n) is 8.67. The van der Waals surface area contributed by atoms with Gasteiger partial charge in [-0.05, 0) is 90.1 Å². The Morgan fingerprint density at radius 2 is 1.71 bits per heavy atom. The van der Waals surface area contributed by atoms with Crippen molar-refractivity contribution in [3.05, 3.63) is 70.6 Å². The summed E-state index contributed by atoms with van der Waals surface area (Å²) in [6, 6.07) is 10.8. The van der Waals surface area contributed by atoms with E-state index in [0.717, 1.165) is 69.3 Å². The molecule has 2 aromatic heterocycles. The zero-order valence-electron chi connectivity index (χ0n) is 31.0. The standard InChI is InChI=1S/C40H43ClF4N6O4/c1-38(2,3)55-37(52)51-21-25-11-12-26(51)20-50(25)35-29-19-46-33(32(42)34(29)47-36(48-35)54-23-39-13-7-15-49(39)16-8-14-39)28-17-27(18-30(41)31(28)40(43,44)45)53-22-24-9-5-4-6-10-24/h4-6,9-10,17-19,25-26H,7-8,11-16,20-23H2,1-3H3. The van der Waals surface area contributed by atoms with Gasteiger partial charge in [-0.2, -0.15) is 23.1 Å². The molecule has 2 bridgehead atoms. The summed E-state index contributed by atoms with van der Waals surface area (Å²) in [7, 11) is 0. The number of fused-ring (bicyclic) bond motifs is 5. The van der Waals surface area contributed by atoms with Gasteiger partial charge in [-0.15, -0.1) is 0 Å². The van der Waals surface area contributed by atoms with Gasteiger partial charge in [-0.3, -0.25) is 9.88 Å². The first-order valence-corrected chi connectivity index (χ1v) is 19.2. The quantitative estimate of drug-likeness (QED) is 0.163. The summed E-state index contributed by atoms with van der Waals surface area (Å²) in [6.45, 7) is 8.49. The molecule has 4 aromatic rings. The van der Waals surface area contributed by atoms with E-state index in [-0.39, 0.29) is 46.9 Å². The van der Waals surface area contributed by atoms with Crippen LogP contribution in [-0.4, -0.2) is 86.9 Å². The highest BCUT2D eigenvalue weighted by Gasteiger charge is 2.46. The Morgan fingerprint density at radius 1 is 0.982 bits per heavy atom. The molecule has 0 spiro atoms. The third kappa shape index (κ3) is 7.35. The van der Waals surface area contributed by atoms with Gasteiger partial charge in [-0.25, -0.2) is 9.18 Å². The van der Waals surface area contributed by atoms with E-state index in [4.69, 9.17) is 30.8 Å². The zero-order chi connectivity index (χ0) is 38.7. The smallest absolute Gasteiger partial charge is 0.418 e. The van der Waals surface area contributed by atoms with Crippen molar-refractivity contribution in [2.75, 3.05) is 37.7 Å². The average molecular weight is 783 g/mol. The summed E-state index contributed by atoms with van der Waals surface area (Å²) < 4.78 is 78.9. The molecule has 7 heterocycles. The molecule has 15 heteroatoms. The molecule has 292 valence electrons. The van der Waals surface area contributed by atoms with E-state index in [0.29, 0.717) is 25.5 Å². The molecule has 55 heavy (non-hydrogen) atoms. The van der Waals surface area contributed by atoms with Crippen molar-refractivity contribution in [1.29, 1.82) is 0 Å². The molecule has 0 aliphatic carbocycles. The molecule has 5 saturated heterocycles. The number of rotatable bonds is 8. The molecule has 10 nitrogen and oxygen atoms in total. The molecule has 1 amide bonds. The number of hydrogen-bond acceptors (Lipinski definition) is 9. The van der Waals surface area contributed by atoms with Crippen LogP contribution in [-0.2, 0) is 17.5 Å². The van der Waals surface area contributed by atoms with Gasteiger partial charge in [0.05, 0.1) is 27.6 Å². The number of carbonyl (C=O) groups is 1. The zero-order valence-corrected chi connectivity index (χ0v) is 31.7. The number of alkyl halides is 3. The number of pyridine rings is 1. The van der Waals surface area contributed by atoms with Crippen LogP contribution in [0.1, 0.15) is 70.4 Å². The van der Waals surface area contributed by atoms with Crippen LogP contribution in [0.25, 0.3) is 22.2 Å². The Bertz CT molecular complexity index is 2090. The van der Waals surface area contributed by atoms with E-state index in [1.54, 1.807) is 4.90 Å². The maximum absolute atomic E-state index is 17.1. The summed E-state index contributed by atoms with van der Waals surface area (Å²) in [4.78, 5) is 33.0. The lowest BCUT2D eigenvalue weighted by molar-refractivity contribution is -0.137. The van der Waals surface area contributed by atoms with Crippen LogP contribution >= 0.6 is 11.6 Å². The SMILES string of the molecule is CC(C)(C)OC(=O)N1CC2CCC1CN2c1nc(OCC23CCCN2CCC3)nc2c(F)c(-c3cc(OCc4ccccc4)cc(Cl)c3C(F)(F)F)ncc12. The van der Waals surface area contributed by atoms with Crippen molar-refractivity contribution in [3.63, 3.8) is 0 Å². The summed E-state index contributed by atoms with van der Waals surface area (Å²) in [5.74, 6) is -0.717. The van der Waals surface area contributed by atoms with E-state index in [1.807, 2.05) is 56.0 Å². The minimum atomic E-state index is -4.95. The molecule has 9 rings (SSSR count). The first kappa shape index (κ1) is 37.5. The highest BCUT2D eigenvalue weighted by molar-refractivity contribution is 6.32. The lowest BCUT2D eigenvalue weighted by atomic mass is 9.91. The fourth-order valence-corrected chi connectivity index (χ4v) is 8.98. The van der Waals surface area contributed by atoms with Gasteiger partial charge < -0.3 is 24.0 Å². The second-order valence-electron chi connectivity index (χ2n) is 16.0. The third-order valence-corrected chi connectivity index (χ3v) is 11.5. The minimum absolute atomic E-state index is 0.0152. The van der Waals surface area contributed by atoms with Crippen LogP contribution in [0.15, 0.2) is 48.7 Å². The predicted molar refractivity (Wildman–Crippen MR) is 199 cm³/mol. The second-order valence-corrected chi connectivity index (χ2v) is 16.4. The van der Waals surface area contributed by atoms with Gasteiger partial charge in [0.15, 0.2) is 5.82 Å². The molecule has 0 radical (unpaired) electrons. The molecule has 5 fully saturated rings. The number of amides is 1. The van der Waals surface area contributed by atoms with Crippen LogP contribution in [0, 0.1) is 5.82 Å². The summed E-state index contributed by atoms with van der Waals surface area (Å²) >= 11 is 6.28. The van der Waals surface area contributed by atoms with Crippen LogP contribution in [0.2, 0.25) is 5.02 Å². The number of carbonyl (C=O) groups excluding carboxylic acids is 1. The van der Waals surface area contributed by atoms with Gasteiger partial charge in [0.25, 0.3) is 0 Å². The number of aromatic nitrogens is 3. The number of nitrogens with zero attached hydrogens (tertiary/aromatic N) is 6. The van der Waals surface area contributed by atoms with Crippen molar-refractivity contribution in [2.24, 2.45) is 0 Å². The number of piperazine rings is 1. The second kappa shape index (κ2) is 14.3. The van der Waals surface area contributed by atoms with E-state index in [9.17, 15) is 18.0 Å². The summed E-state index contributed by atoms with van der Waals surface area (Å²) in [5, 5.41) is -0.444. The molecule has 5 aliphatic rings. The van der Waals surface area contributed by atoms with Crippen LogP contribution in [0.4, 0.5) is 28.2 Å². The number of piperidine rings is 2. The fraction of sp³-hybridized carbons (Fsp3) is 0.500. The number of benzene rings is 2. The van der Waals surface area contributed by atoms with E-state index >= 15 is 4.39 Å². The third-order valence-electron chi connectivity index (χ3n) is 11.2. The van der Waals surface area contributed by atoms with Gasteiger partial charge in [0.1, 0.15) is 41.6 Å². The normalized spacial score (nSPS) is 20.9. The summed E-state index contributed by atoms with van der Waals surface area (Å²) in [6.07, 6.45) is 1.43. The topological polar surface area (TPSA) is 93.2 Å². The van der Waals surface area contributed by atoms with Crippen molar-refractivity contribution in [1.82, 2.24) is 24.8 Å². The Kier molecular flexibility index (Phi) is 9.72. The van der Waals surface area contributed by atoms with Gasteiger partial charge >= 0.3 is 18.3 Å². The molecular formula is C40H43ClF4N6O4. The van der Waals surface area contributed by atoms with Crippen molar-refractivity contribution < 1.29 is 36.6 Å². The molecular weight excluding hydrogens is 740 g/mol. The number of ether oxygens (including phenoxy) is 3. The van der Waals surface area contributed by atoms with Crippen molar-refractivity contribution in [3.8, 4) is 23.0 Å². The van der Waals surface area contributed by atoms with E-state index < -0.39 is 45.5 Å². The van der Waals surface area contributed by atoms with Gasteiger partial charge in [0, 0.05) is 30.9 Å². The minimum Gasteiger partial charge on any atom is -0.489 e. The van der Waals surface area contributed by atoms with Crippen LogP contribution in [0.3, 0.4) is 0 Å². The molecule has 0 N–H and O–H groups in total. The van der Waals surface area contributed by atoms with Gasteiger partial charge in [-0.1, -0.05) is 41.9 Å². The lowest BCUT2D eigenvalue weighted by Gasteiger charge is -2.51. The summed E-state index contributed by atoms with van der Waals surface area (Å²) in [5.41, 5.74) is -2.70. The highest BCUT2D eigenvalue weighted by atomic mass is 35.5. The molecule has 5 aliphatic heterocycles. The molecule has 0 saturated carbocycles. The number of hydrogen-bond donors (Lipinski definition) is 0. The predicted octanol–water partition coefficient (Wildman–Crippen LogP) is 8.68. The Morgan fingerprint density at radius 3 is 2.38 bits per heavy atom. The van der Waals surface area contributed by atoms with Gasteiger partial charge in [0.2, 0.25) is 0 Å². The van der Waals surface area contributed by atoms with Crippen LogP contribution < -0.4 is 14.4 Å². The monoisotopic (exact) mass is 782 g/mol. The molecule has 2 aromatic carbocycles. The first-order chi connectivity index (χ1) is 26.2.